The van der Waals surface area contributed by atoms with Gasteiger partial charge in [-0.1, -0.05) is 12.2 Å². The SMILES string of the molecule is CC1CCCN1CCCOc1ccc(-c2nccs2)cc1.ClCCCOc1ccc(-c2nccs2)cc1.NC(=S)c1ccc(OCCCCl)cc1. The molecule has 1 saturated heterocycles. The van der Waals surface area contributed by atoms with Gasteiger partial charge in [-0.05, 0) is 118 Å². The number of ether oxygens (including phenoxy) is 3. The summed E-state index contributed by atoms with van der Waals surface area (Å²) in [6.07, 6.45) is 9.15. The number of thiazole rings is 2. The van der Waals surface area contributed by atoms with Crippen molar-refractivity contribution in [3.05, 3.63) is 102 Å². The lowest BCUT2D eigenvalue weighted by Crippen LogP contribution is -2.28. The van der Waals surface area contributed by atoms with Gasteiger partial charge in [-0.25, -0.2) is 9.97 Å². The van der Waals surface area contributed by atoms with E-state index < -0.39 is 0 Å². The third-order valence-corrected chi connectivity index (χ3v) is 10.3. The van der Waals surface area contributed by atoms with Crippen molar-refractivity contribution in [2.45, 2.75) is 45.1 Å². The Morgan fingerprint density at radius 3 is 1.57 bits per heavy atom. The van der Waals surface area contributed by atoms with Gasteiger partial charge >= 0.3 is 0 Å². The zero-order chi connectivity index (χ0) is 36.1. The molecular weight excluding hydrogens is 740 g/mol. The predicted octanol–water partition coefficient (Wildman–Crippen LogP) is 10.2. The van der Waals surface area contributed by atoms with E-state index in [0.29, 0.717) is 30.0 Å². The zero-order valence-corrected chi connectivity index (χ0v) is 32.9. The molecule has 5 aromatic rings. The minimum Gasteiger partial charge on any atom is -0.494 e. The number of alkyl halides is 2. The Morgan fingerprint density at radius 1 is 0.745 bits per heavy atom. The molecule has 51 heavy (non-hydrogen) atoms. The molecule has 1 aliphatic heterocycles. The minimum atomic E-state index is 0.400. The molecule has 0 saturated carbocycles. The Balaban J connectivity index is 0.000000176. The molecule has 1 fully saturated rings. The highest BCUT2D eigenvalue weighted by atomic mass is 35.5. The normalized spacial score (nSPS) is 13.7. The monoisotopic (exact) mass is 784 g/mol. The van der Waals surface area contributed by atoms with Crippen molar-refractivity contribution in [1.82, 2.24) is 14.9 Å². The van der Waals surface area contributed by atoms with E-state index >= 15 is 0 Å². The van der Waals surface area contributed by atoms with Crippen molar-refractivity contribution in [3.63, 3.8) is 0 Å². The molecule has 0 bridgehead atoms. The molecule has 1 atom stereocenters. The lowest BCUT2D eigenvalue weighted by atomic mass is 10.2. The highest BCUT2D eigenvalue weighted by Crippen LogP contribution is 2.25. The zero-order valence-electron chi connectivity index (χ0n) is 28.9. The second kappa shape index (κ2) is 23.3. The minimum absolute atomic E-state index is 0.400. The van der Waals surface area contributed by atoms with Crippen LogP contribution in [0.3, 0.4) is 0 Å². The van der Waals surface area contributed by atoms with Crippen molar-refractivity contribution >= 4 is 63.1 Å². The highest BCUT2D eigenvalue weighted by molar-refractivity contribution is 7.80. The molecule has 1 aliphatic rings. The van der Waals surface area contributed by atoms with Gasteiger partial charge in [0, 0.05) is 64.2 Å². The molecule has 2 aromatic heterocycles. The summed E-state index contributed by atoms with van der Waals surface area (Å²) in [4.78, 5) is 11.5. The molecular formula is C39H46Cl2N4O3S3. The second-order valence-corrected chi connectivity index (χ2v) is 14.6. The Morgan fingerprint density at radius 2 is 1.20 bits per heavy atom. The third-order valence-electron chi connectivity index (χ3n) is 7.85. The molecule has 1 unspecified atom stereocenters. The van der Waals surface area contributed by atoms with Gasteiger partial charge in [-0.2, -0.15) is 0 Å². The summed E-state index contributed by atoms with van der Waals surface area (Å²) in [5, 5.41) is 6.07. The lowest BCUT2D eigenvalue weighted by molar-refractivity contribution is 0.230. The van der Waals surface area contributed by atoms with Crippen molar-refractivity contribution < 1.29 is 14.2 Å². The summed E-state index contributed by atoms with van der Waals surface area (Å²) in [7, 11) is 0. The van der Waals surface area contributed by atoms with Gasteiger partial charge in [-0.15, -0.1) is 45.9 Å². The summed E-state index contributed by atoms with van der Waals surface area (Å²) in [6, 6.07) is 24.3. The van der Waals surface area contributed by atoms with E-state index in [0.717, 1.165) is 82.4 Å². The van der Waals surface area contributed by atoms with Gasteiger partial charge in [-0.3, -0.25) is 0 Å². The van der Waals surface area contributed by atoms with Crippen LogP contribution in [0.4, 0.5) is 0 Å². The van der Waals surface area contributed by atoms with E-state index in [2.05, 4.69) is 33.9 Å². The Bertz CT molecular complexity index is 1640. The van der Waals surface area contributed by atoms with Gasteiger partial charge in [0.15, 0.2) is 0 Å². The Hall–Kier alpha value is -3.25. The number of hydrogen-bond acceptors (Lipinski definition) is 9. The molecule has 12 heteroatoms. The number of rotatable bonds is 16. The predicted molar refractivity (Wildman–Crippen MR) is 219 cm³/mol. The summed E-state index contributed by atoms with van der Waals surface area (Å²) >= 11 is 19.2. The van der Waals surface area contributed by atoms with Gasteiger partial charge in [0.25, 0.3) is 0 Å². The Kier molecular flexibility index (Phi) is 18.5. The Labute approximate surface area is 325 Å². The number of aromatic nitrogens is 2. The first kappa shape index (κ1) is 40.5. The first-order valence-electron chi connectivity index (χ1n) is 17.1. The molecule has 0 aliphatic carbocycles. The molecule has 6 rings (SSSR count). The lowest BCUT2D eigenvalue weighted by Gasteiger charge is -2.20. The van der Waals surface area contributed by atoms with Crippen molar-refractivity contribution in [3.8, 4) is 38.4 Å². The van der Waals surface area contributed by atoms with Crippen LogP contribution in [0.15, 0.2) is 96.0 Å². The summed E-state index contributed by atoms with van der Waals surface area (Å²) < 4.78 is 16.8. The van der Waals surface area contributed by atoms with Crippen molar-refractivity contribution in [2.75, 3.05) is 44.7 Å². The molecule has 272 valence electrons. The van der Waals surface area contributed by atoms with Gasteiger partial charge in [0.05, 0.1) is 19.8 Å². The number of benzene rings is 3. The second-order valence-electron chi connectivity index (χ2n) is 11.6. The van der Waals surface area contributed by atoms with Crippen LogP contribution in [0.2, 0.25) is 0 Å². The van der Waals surface area contributed by atoms with Crippen LogP contribution in [0, 0.1) is 0 Å². The first-order valence-corrected chi connectivity index (χ1v) is 20.3. The van der Waals surface area contributed by atoms with Crippen LogP contribution in [-0.4, -0.2) is 70.6 Å². The van der Waals surface area contributed by atoms with Crippen LogP contribution in [-0.2, 0) is 0 Å². The molecule has 2 N–H and O–H groups in total. The fourth-order valence-corrected chi connectivity index (χ4v) is 6.75. The van der Waals surface area contributed by atoms with Crippen LogP contribution in [0.5, 0.6) is 17.2 Å². The average Bonchev–Trinajstić information content (AvgIpc) is 3.97. The van der Waals surface area contributed by atoms with Gasteiger partial charge in [0.1, 0.15) is 32.3 Å². The fourth-order valence-electron chi connectivity index (χ4n) is 5.11. The maximum Gasteiger partial charge on any atom is 0.123 e. The molecule has 0 radical (unpaired) electrons. The number of hydrogen-bond donors (Lipinski definition) is 1. The van der Waals surface area contributed by atoms with E-state index in [4.69, 9.17) is 55.4 Å². The quantitative estimate of drug-likeness (QED) is 0.0602. The van der Waals surface area contributed by atoms with Crippen molar-refractivity contribution in [2.24, 2.45) is 5.73 Å². The van der Waals surface area contributed by atoms with E-state index in [1.807, 2.05) is 83.8 Å². The number of nitrogens with two attached hydrogens (primary N) is 1. The number of halogens is 2. The van der Waals surface area contributed by atoms with Crippen LogP contribution < -0.4 is 19.9 Å². The van der Waals surface area contributed by atoms with Gasteiger partial charge < -0.3 is 24.8 Å². The fraction of sp³-hybridized carbons (Fsp3) is 0.359. The smallest absolute Gasteiger partial charge is 0.123 e. The maximum atomic E-state index is 5.83. The summed E-state index contributed by atoms with van der Waals surface area (Å²) in [5.41, 5.74) is 8.59. The first-order chi connectivity index (χ1) is 25.0. The van der Waals surface area contributed by atoms with E-state index in [1.54, 1.807) is 22.7 Å². The molecule has 7 nitrogen and oxygen atoms in total. The van der Waals surface area contributed by atoms with Crippen LogP contribution in [0.1, 0.15) is 44.6 Å². The highest BCUT2D eigenvalue weighted by Gasteiger charge is 2.19. The number of nitrogens with zero attached hydrogens (tertiary/aromatic N) is 3. The molecule has 0 amide bonds. The van der Waals surface area contributed by atoms with E-state index in [9.17, 15) is 0 Å². The topological polar surface area (TPSA) is 82.7 Å². The van der Waals surface area contributed by atoms with Crippen molar-refractivity contribution in [1.29, 1.82) is 0 Å². The maximum absolute atomic E-state index is 5.83. The molecule has 3 aromatic carbocycles. The van der Waals surface area contributed by atoms with E-state index in [1.165, 1.54) is 19.4 Å². The third kappa shape index (κ3) is 14.7. The summed E-state index contributed by atoms with van der Waals surface area (Å²) in [5.74, 6) is 3.90. The average molecular weight is 786 g/mol. The standard InChI is InChI=1S/C17H22N2OS.C12H12ClNOS.C10H12ClNOS/c1-14-4-2-10-19(14)11-3-12-20-16-7-5-15(6-8-16)17-18-9-13-21-17;13-6-1-8-15-11-4-2-10(3-5-11)12-14-7-9-16-12;11-6-1-7-13-9-4-2-8(3-5-9)10(12)14/h5-9,13-14H,2-4,10-12H2,1H3;2-5,7,9H,1,6,8H2;2-5H,1,6-7H2,(H2,12,14). The summed E-state index contributed by atoms with van der Waals surface area (Å²) in [6.45, 7) is 6.82. The number of thiocarbonyl (C=S) groups is 1. The van der Waals surface area contributed by atoms with E-state index in [-0.39, 0.29) is 0 Å². The number of likely N-dealkylation sites (tertiary alicyclic amines) is 1. The molecule has 0 spiro atoms. The molecule has 3 heterocycles. The van der Waals surface area contributed by atoms with Crippen LogP contribution >= 0.6 is 58.1 Å². The van der Waals surface area contributed by atoms with Crippen LogP contribution in [0.25, 0.3) is 21.1 Å². The largest absolute Gasteiger partial charge is 0.494 e. The van der Waals surface area contributed by atoms with Gasteiger partial charge in [0.2, 0.25) is 0 Å².